The number of hydrogen-bond donors (Lipinski definition) is 1. The predicted octanol–water partition coefficient (Wildman–Crippen LogP) is 3.83. The molecule has 7 nitrogen and oxygen atoms in total. The van der Waals surface area contributed by atoms with Gasteiger partial charge in [-0.2, -0.15) is 4.98 Å². The fourth-order valence-electron chi connectivity index (χ4n) is 3.62. The molecule has 1 N–H and O–H groups in total. The normalized spacial score (nSPS) is 14.9. The number of rotatable bonds is 7. The molecule has 2 heterocycles. The van der Waals surface area contributed by atoms with Crippen LogP contribution in [-0.4, -0.2) is 42.4 Å². The largest absolute Gasteiger partial charge is 0.378 e. The molecule has 1 aliphatic rings. The summed E-state index contributed by atoms with van der Waals surface area (Å²) in [6.07, 6.45) is 0.538. The van der Waals surface area contributed by atoms with Crippen LogP contribution in [0.1, 0.15) is 36.4 Å². The van der Waals surface area contributed by atoms with Crippen molar-refractivity contribution >= 4 is 11.6 Å². The Morgan fingerprint density at radius 3 is 2.66 bits per heavy atom. The van der Waals surface area contributed by atoms with Gasteiger partial charge in [0.2, 0.25) is 17.6 Å². The third-order valence-electron chi connectivity index (χ3n) is 5.61. The van der Waals surface area contributed by atoms with Gasteiger partial charge in [0.25, 0.3) is 0 Å². The number of anilines is 1. The number of halogens is 1. The number of morpholine rings is 1. The molecule has 0 saturated carbocycles. The molecule has 32 heavy (non-hydrogen) atoms. The lowest BCUT2D eigenvalue weighted by Gasteiger charge is -2.29. The van der Waals surface area contributed by atoms with Crippen molar-refractivity contribution in [2.45, 2.75) is 32.7 Å². The smallest absolute Gasteiger partial charge is 0.227 e. The molecule has 1 amide bonds. The van der Waals surface area contributed by atoms with Gasteiger partial charge >= 0.3 is 0 Å². The van der Waals surface area contributed by atoms with E-state index in [1.807, 2.05) is 19.1 Å². The van der Waals surface area contributed by atoms with Crippen LogP contribution in [0.5, 0.6) is 0 Å². The summed E-state index contributed by atoms with van der Waals surface area (Å²) in [6, 6.07) is 12.9. The summed E-state index contributed by atoms with van der Waals surface area (Å²) in [5.41, 5.74) is 3.30. The third kappa shape index (κ3) is 5.31. The molecule has 3 aromatic rings. The van der Waals surface area contributed by atoms with Gasteiger partial charge in [0, 0.05) is 37.2 Å². The lowest BCUT2D eigenvalue weighted by Crippen LogP contribution is -2.36. The molecule has 1 unspecified atom stereocenters. The topological polar surface area (TPSA) is 80.5 Å². The number of benzene rings is 2. The minimum absolute atomic E-state index is 0.101. The molecule has 1 saturated heterocycles. The molecule has 168 valence electrons. The van der Waals surface area contributed by atoms with Crippen molar-refractivity contribution in [2.24, 2.45) is 0 Å². The average Bonchev–Trinajstić information content (AvgIpc) is 3.29. The van der Waals surface area contributed by atoms with Crippen LogP contribution >= 0.6 is 0 Å². The molecular weight excluding hydrogens is 411 g/mol. The highest BCUT2D eigenvalue weighted by atomic mass is 19.1. The number of carbonyl (C=O) groups is 1. The van der Waals surface area contributed by atoms with Crippen LogP contribution in [0.4, 0.5) is 10.1 Å². The molecule has 8 heteroatoms. The first-order chi connectivity index (χ1) is 15.5. The van der Waals surface area contributed by atoms with E-state index in [4.69, 9.17) is 9.26 Å². The van der Waals surface area contributed by atoms with Gasteiger partial charge in [-0.1, -0.05) is 29.4 Å². The van der Waals surface area contributed by atoms with Crippen LogP contribution in [0.3, 0.4) is 0 Å². The third-order valence-corrected chi connectivity index (χ3v) is 5.61. The summed E-state index contributed by atoms with van der Waals surface area (Å²) in [5.74, 6) is 0.239. The number of ether oxygens (including phenoxy) is 1. The maximum Gasteiger partial charge on any atom is 0.227 e. The van der Waals surface area contributed by atoms with Crippen molar-refractivity contribution in [3.8, 4) is 11.4 Å². The van der Waals surface area contributed by atoms with Crippen LogP contribution in [0.2, 0.25) is 0 Å². The Morgan fingerprint density at radius 1 is 1.19 bits per heavy atom. The molecule has 1 atom stereocenters. The Hall–Kier alpha value is -3.26. The number of nitrogens with one attached hydrogen (secondary N) is 1. The van der Waals surface area contributed by atoms with Crippen molar-refractivity contribution in [3.63, 3.8) is 0 Å². The van der Waals surface area contributed by atoms with Crippen molar-refractivity contribution < 1.29 is 18.4 Å². The molecular formula is C24H27FN4O3. The van der Waals surface area contributed by atoms with E-state index in [-0.39, 0.29) is 24.2 Å². The Bertz CT molecular complexity index is 1060. The molecule has 0 bridgehead atoms. The number of amides is 1. The highest BCUT2D eigenvalue weighted by Crippen LogP contribution is 2.21. The van der Waals surface area contributed by atoms with Crippen LogP contribution in [-0.2, 0) is 16.0 Å². The zero-order chi connectivity index (χ0) is 22.5. The van der Waals surface area contributed by atoms with Crippen LogP contribution in [0.15, 0.2) is 47.0 Å². The molecule has 0 aliphatic carbocycles. The molecule has 1 aliphatic heterocycles. The Labute approximate surface area is 186 Å². The van der Waals surface area contributed by atoms with Gasteiger partial charge in [-0.25, -0.2) is 4.39 Å². The van der Waals surface area contributed by atoms with E-state index in [0.717, 1.165) is 37.6 Å². The van der Waals surface area contributed by atoms with Gasteiger partial charge < -0.3 is 19.5 Å². The fourth-order valence-corrected chi connectivity index (χ4v) is 3.62. The van der Waals surface area contributed by atoms with E-state index in [2.05, 4.69) is 32.5 Å². The van der Waals surface area contributed by atoms with Crippen LogP contribution in [0, 0.1) is 12.7 Å². The number of nitrogens with zero attached hydrogens (tertiary/aromatic N) is 3. The number of hydrogen-bond acceptors (Lipinski definition) is 6. The number of carbonyl (C=O) groups excluding carboxylic acids is 1. The SMILES string of the molecule is Cc1ccc(-c2noc(CCC(=O)NC(C)c3ccc(N4CCOCC4)cc3)n2)cc1F. The summed E-state index contributed by atoms with van der Waals surface area (Å²) in [5, 5.41) is 6.90. The molecule has 4 rings (SSSR count). The highest BCUT2D eigenvalue weighted by molar-refractivity contribution is 5.76. The first-order valence-electron chi connectivity index (χ1n) is 10.8. The van der Waals surface area contributed by atoms with Gasteiger partial charge in [0.05, 0.1) is 19.3 Å². The lowest BCUT2D eigenvalue weighted by molar-refractivity contribution is -0.121. The maximum absolute atomic E-state index is 13.8. The zero-order valence-corrected chi connectivity index (χ0v) is 18.3. The standard InChI is InChI=1S/C24H27FN4O3/c1-16-3-4-19(15-21(16)25)24-27-23(32-28-24)10-9-22(30)26-17(2)18-5-7-20(8-6-18)29-11-13-31-14-12-29/h3-8,15,17H,9-14H2,1-2H3,(H,26,30). The highest BCUT2D eigenvalue weighted by Gasteiger charge is 2.15. The van der Waals surface area contributed by atoms with Crippen LogP contribution in [0.25, 0.3) is 11.4 Å². The molecule has 2 aromatic carbocycles. The Kier molecular flexibility index (Phi) is 6.80. The van der Waals surface area contributed by atoms with Gasteiger partial charge in [-0.3, -0.25) is 4.79 Å². The zero-order valence-electron chi connectivity index (χ0n) is 18.3. The predicted molar refractivity (Wildman–Crippen MR) is 119 cm³/mol. The van der Waals surface area contributed by atoms with E-state index in [1.165, 1.54) is 6.07 Å². The first-order valence-corrected chi connectivity index (χ1v) is 10.8. The molecule has 0 spiro atoms. The van der Waals surface area contributed by atoms with Crippen molar-refractivity contribution in [2.75, 3.05) is 31.2 Å². The van der Waals surface area contributed by atoms with Crippen molar-refractivity contribution in [1.29, 1.82) is 0 Å². The maximum atomic E-state index is 13.8. The van der Waals surface area contributed by atoms with E-state index in [0.29, 0.717) is 29.3 Å². The number of aryl methyl sites for hydroxylation is 2. The summed E-state index contributed by atoms with van der Waals surface area (Å²) in [7, 11) is 0. The second kappa shape index (κ2) is 9.91. The van der Waals surface area contributed by atoms with Gasteiger partial charge in [-0.15, -0.1) is 0 Å². The minimum Gasteiger partial charge on any atom is -0.378 e. The Balaban J connectivity index is 1.28. The van der Waals surface area contributed by atoms with E-state index < -0.39 is 0 Å². The van der Waals surface area contributed by atoms with Gasteiger partial charge in [-0.05, 0) is 43.2 Å². The van der Waals surface area contributed by atoms with E-state index in [9.17, 15) is 9.18 Å². The second-order valence-corrected chi connectivity index (χ2v) is 7.96. The van der Waals surface area contributed by atoms with Crippen LogP contribution < -0.4 is 10.2 Å². The molecule has 1 aromatic heterocycles. The van der Waals surface area contributed by atoms with E-state index in [1.54, 1.807) is 19.1 Å². The fraction of sp³-hybridized carbons (Fsp3) is 0.375. The summed E-state index contributed by atoms with van der Waals surface area (Å²) in [6.45, 7) is 6.93. The molecule has 0 radical (unpaired) electrons. The summed E-state index contributed by atoms with van der Waals surface area (Å²) < 4.78 is 24.4. The van der Waals surface area contributed by atoms with E-state index >= 15 is 0 Å². The average molecular weight is 439 g/mol. The number of aromatic nitrogens is 2. The van der Waals surface area contributed by atoms with Gasteiger partial charge in [0.15, 0.2) is 0 Å². The van der Waals surface area contributed by atoms with Gasteiger partial charge in [0.1, 0.15) is 5.82 Å². The van der Waals surface area contributed by atoms with Crippen molar-refractivity contribution in [3.05, 3.63) is 65.3 Å². The van der Waals surface area contributed by atoms with Crippen molar-refractivity contribution in [1.82, 2.24) is 15.5 Å². The quantitative estimate of drug-likeness (QED) is 0.604. The molecule has 1 fully saturated rings. The summed E-state index contributed by atoms with van der Waals surface area (Å²) in [4.78, 5) is 19.0. The second-order valence-electron chi connectivity index (χ2n) is 7.96. The Morgan fingerprint density at radius 2 is 1.94 bits per heavy atom. The first kappa shape index (κ1) is 22.0. The minimum atomic E-state index is -0.319. The lowest BCUT2D eigenvalue weighted by atomic mass is 10.1. The monoisotopic (exact) mass is 438 g/mol. The summed E-state index contributed by atoms with van der Waals surface area (Å²) >= 11 is 0.